The molecule has 1 aliphatic heterocycles. The molecule has 1 atom stereocenters. The summed E-state index contributed by atoms with van der Waals surface area (Å²) in [6, 6.07) is 13.3. The van der Waals surface area contributed by atoms with E-state index in [4.69, 9.17) is 0 Å². The van der Waals surface area contributed by atoms with Gasteiger partial charge in [-0.3, -0.25) is 15.0 Å². The smallest absolute Gasteiger partial charge is 0.270 e. The number of hydrogen-bond donors (Lipinski definition) is 1. The molecule has 3 aromatic rings. The van der Waals surface area contributed by atoms with Crippen LogP contribution in [0.5, 0.6) is 0 Å². The zero-order valence-corrected chi connectivity index (χ0v) is 15.9. The SMILES string of the molecule is O=[N+]([O-])c1cccc(-c2nc(CN3CCNCC3c3cccc(F)c3)cs2)c1. The molecular formula is C20H19FN4O2S. The summed E-state index contributed by atoms with van der Waals surface area (Å²) in [6.45, 7) is 3.11. The number of nitro groups is 1. The Morgan fingerprint density at radius 2 is 2.14 bits per heavy atom. The fourth-order valence-electron chi connectivity index (χ4n) is 3.45. The Morgan fingerprint density at radius 3 is 2.96 bits per heavy atom. The molecule has 28 heavy (non-hydrogen) atoms. The molecule has 2 heterocycles. The van der Waals surface area contributed by atoms with Crippen molar-refractivity contribution in [3.63, 3.8) is 0 Å². The Kier molecular flexibility index (Phi) is 5.43. The first kappa shape index (κ1) is 18.7. The van der Waals surface area contributed by atoms with E-state index in [-0.39, 0.29) is 17.5 Å². The van der Waals surface area contributed by atoms with Crippen LogP contribution in [0.4, 0.5) is 10.1 Å². The van der Waals surface area contributed by atoms with Crippen LogP contribution in [0.25, 0.3) is 10.6 Å². The average molecular weight is 398 g/mol. The monoisotopic (exact) mass is 398 g/mol. The van der Waals surface area contributed by atoms with Gasteiger partial charge in [0.1, 0.15) is 10.8 Å². The van der Waals surface area contributed by atoms with Crippen molar-refractivity contribution in [2.75, 3.05) is 19.6 Å². The lowest BCUT2D eigenvalue weighted by Gasteiger charge is -2.36. The minimum atomic E-state index is -0.400. The van der Waals surface area contributed by atoms with Crippen LogP contribution < -0.4 is 5.32 Å². The van der Waals surface area contributed by atoms with E-state index >= 15 is 0 Å². The van der Waals surface area contributed by atoms with Crippen LogP contribution in [-0.2, 0) is 6.54 Å². The number of piperazine rings is 1. The summed E-state index contributed by atoms with van der Waals surface area (Å²) in [4.78, 5) is 17.6. The number of nitrogens with one attached hydrogen (secondary N) is 1. The number of halogens is 1. The quantitative estimate of drug-likeness (QED) is 0.520. The van der Waals surface area contributed by atoms with Gasteiger partial charge in [-0.05, 0) is 17.7 Å². The van der Waals surface area contributed by atoms with Crippen LogP contribution in [0.2, 0.25) is 0 Å². The highest BCUT2D eigenvalue weighted by molar-refractivity contribution is 7.13. The molecule has 1 aromatic heterocycles. The van der Waals surface area contributed by atoms with Crippen molar-refractivity contribution >= 4 is 17.0 Å². The van der Waals surface area contributed by atoms with Crippen LogP contribution in [0, 0.1) is 15.9 Å². The Labute approximate surface area is 165 Å². The number of thiazole rings is 1. The maximum absolute atomic E-state index is 13.7. The second-order valence-corrected chi connectivity index (χ2v) is 7.55. The van der Waals surface area contributed by atoms with Crippen LogP contribution in [0.1, 0.15) is 17.3 Å². The first-order chi connectivity index (χ1) is 13.6. The van der Waals surface area contributed by atoms with E-state index in [0.29, 0.717) is 6.54 Å². The zero-order valence-electron chi connectivity index (χ0n) is 15.0. The largest absolute Gasteiger partial charge is 0.314 e. The second-order valence-electron chi connectivity index (χ2n) is 6.70. The van der Waals surface area contributed by atoms with Gasteiger partial charge in [-0.15, -0.1) is 11.3 Å². The van der Waals surface area contributed by atoms with Gasteiger partial charge >= 0.3 is 0 Å². The van der Waals surface area contributed by atoms with E-state index in [9.17, 15) is 14.5 Å². The summed E-state index contributed by atoms with van der Waals surface area (Å²) in [5, 5.41) is 17.1. The maximum Gasteiger partial charge on any atom is 0.270 e. The molecular weight excluding hydrogens is 379 g/mol. The van der Waals surface area contributed by atoms with E-state index in [1.165, 1.54) is 23.5 Å². The van der Waals surface area contributed by atoms with Crippen LogP contribution >= 0.6 is 11.3 Å². The van der Waals surface area contributed by atoms with Crippen molar-refractivity contribution in [3.8, 4) is 10.6 Å². The van der Waals surface area contributed by atoms with Crippen LogP contribution in [0.15, 0.2) is 53.9 Å². The first-order valence-corrected chi connectivity index (χ1v) is 9.87. The van der Waals surface area contributed by atoms with Gasteiger partial charge < -0.3 is 5.32 Å². The summed E-state index contributed by atoms with van der Waals surface area (Å²) in [5.74, 6) is -0.232. The van der Waals surface area contributed by atoms with E-state index in [1.807, 2.05) is 17.5 Å². The van der Waals surface area contributed by atoms with Gasteiger partial charge in [-0.25, -0.2) is 9.37 Å². The minimum absolute atomic E-state index is 0.0579. The molecule has 6 nitrogen and oxygen atoms in total. The van der Waals surface area contributed by atoms with Crippen molar-refractivity contribution < 1.29 is 9.31 Å². The summed E-state index contributed by atoms with van der Waals surface area (Å²) in [5.41, 5.74) is 2.66. The van der Waals surface area contributed by atoms with Crippen molar-refractivity contribution in [1.29, 1.82) is 0 Å². The normalized spacial score (nSPS) is 17.5. The molecule has 0 bridgehead atoms. The molecule has 0 amide bonds. The Bertz CT molecular complexity index is 994. The van der Waals surface area contributed by atoms with E-state index < -0.39 is 4.92 Å². The molecule has 0 saturated carbocycles. The number of aromatic nitrogens is 1. The molecule has 4 rings (SSSR count). The number of hydrogen-bond acceptors (Lipinski definition) is 6. The third-order valence-corrected chi connectivity index (χ3v) is 5.75. The zero-order chi connectivity index (χ0) is 19.5. The number of benzene rings is 2. The van der Waals surface area contributed by atoms with Gasteiger partial charge in [0.2, 0.25) is 0 Å². The summed E-state index contributed by atoms with van der Waals surface area (Å²) < 4.78 is 13.7. The Hall–Kier alpha value is -2.68. The number of rotatable bonds is 5. The predicted octanol–water partition coefficient (Wildman–Crippen LogP) is 4.00. The maximum atomic E-state index is 13.7. The fourth-order valence-corrected chi connectivity index (χ4v) is 4.26. The average Bonchev–Trinajstić information content (AvgIpc) is 3.17. The minimum Gasteiger partial charge on any atom is -0.314 e. The highest BCUT2D eigenvalue weighted by Crippen LogP contribution is 2.29. The lowest BCUT2D eigenvalue weighted by Crippen LogP contribution is -2.45. The van der Waals surface area contributed by atoms with Gasteiger partial charge in [-0.2, -0.15) is 0 Å². The highest BCUT2D eigenvalue weighted by Gasteiger charge is 2.25. The molecule has 1 unspecified atom stereocenters. The molecule has 1 fully saturated rings. The van der Waals surface area contributed by atoms with Gasteiger partial charge in [0.05, 0.1) is 10.6 Å². The Morgan fingerprint density at radius 1 is 1.29 bits per heavy atom. The molecule has 1 aliphatic rings. The molecule has 8 heteroatoms. The van der Waals surface area contributed by atoms with Crippen molar-refractivity contribution in [2.45, 2.75) is 12.6 Å². The van der Waals surface area contributed by atoms with E-state index in [1.54, 1.807) is 24.3 Å². The van der Waals surface area contributed by atoms with Gasteiger partial charge in [0.15, 0.2) is 0 Å². The molecule has 0 spiro atoms. The topological polar surface area (TPSA) is 71.3 Å². The fraction of sp³-hybridized carbons (Fsp3) is 0.250. The van der Waals surface area contributed by atoms with Gasteiger partial charge in [-0.1, -0.05) is 24.3 Å². The third kappa shape index (κ3) is 4.09. The van der Waals surface area contributed by atoms with E-state index in [0.717, 1.165) is 41.5 Å². The Balaban J connectivity index is 1.54. The lowest BCUT2D eigenvalue weighted by atomic mass is 10.0. The summed E-state index contributed by atoms with van der Waals surface area (Å²) in [7, 11) is 0. The molecule has 0 aliphatic carbocycles. The number of non-ortho nitro benzene ring substituents is 1. The van der Waals surface area contributed by atoms with Crippen LogP contribution in [0.3, 0.4) is 0 Å². The second kappa shape index (κ2) is 8.14. The summed E-state index contributed by atoms with van der Waals surface area (Å²) in [6.07, 6.45) is 0. The third-order valence-electron chi connectivity index (χ3n) is 4.81. The molecule has 2 aromatic carbocycles. The first-order valence-electron chi connectivity index (χ1n) is 8.99. The van der Waals surface area contributed by atoms with Crippen molar-refractivity contribution in [2.24, 2.45) is 0 Å². The number of nitrogens with zero attached hydrogens (tertiary/aromatic N) is 3. The standard InChI is InChI=1S/C20H19FN4O2S/c21-16-5-1-3-14(9-16)19-11-22-7-8-24(19)12-17-13-28-20(23-17)15-4-2-6-18(10-15)25(26)27/h1-6,9-10,13,19,22H,7-8,11-12H2. The van der Waals surface area contributed by atoms with Crippen molar-refractivity contribution in [1.82, 2.24) is 15.2 Å². The molecule has 144 valence electrons. The van der Waals surface area contributed by atoms with Crippen LogP contribution in [-0.4, -0.2) is 34.4 Å². The van der Waals surface area contributed by atoms with Gasteiger partial charge in [0.25, 0.3) is 5.69 Å². The van der Waals surface area contributed by atoms with E-state index in [2.05, 4.69) is 15.2 Å². The predicted molar refractivity (Wildman–Crippen MR) is 107 cm³/mol. The van der Waals surface area contributed by atoms with Gasteiger partial charge in [0, 0.05) is 55.3 Å². The molecule has 1 N–H and O–H groups in total. The lowest BCUT2D eigenvalue weighted by molar-refractivity contribution is -0.384. The molecule has 1 saturated heterocycles. The highest BCUT2D eigenvalue weighted by atomic mass is 32.1. The van der Waals surface area contributed by atoms with Crippen molar-refractivity contribution in [3.05, 3.63) is 81.1 Å². The summed E-state index contributed by atoms with van der Waals surface area (Å²) >= 11 is 1.48. The number of nitro benzene ring substituents is 1. The molecule has 0 radical (unpaired) electrons.